The number of carbonyl (C=O) groups excluding carboxylic acids is 2. The summed E-state index contributed by atoms with van der Waals surface area (Å²) in [7, 11) is 0. The Bertz CT molecular complexity index is 1110. The molecular formula is C53H93NO5. The number of ether oxygens (including phenoxy) is 1. The van der Waals surface area contributed by atoms with Crippen LogP contribution in [0.15, 0.2) is 72.9 Å². The van der Waals surface area contributed by atoms with Gasteiger partial charge in [0.05, 0.1) is 25.2 Å². The molecule has 0 radical (unpaired) electrons. The number of amides is 1. The molecule has 0 aromatic heterocycles. The Morgan fingerprint density at radius 3 is 1.46 bits per heavy atom. The summed E-state index contributed by atoms with van der Waals surface area (Å²) in [6.45, 7) is 6.30. The number of allylic oxidation sites excluding steroid dienone is 12. The van der Waals surface area contributed by atoms with Crippen LogP contribution in [0.25, 0.3) is 0 Å². The van der Waals surface area contributed by atoms with Crippen molar-refractivity contribution in [2.24, 2.45) is 0 Å². The van der Waals surface area contributed by atoms with Gasteiger partial charge in [0.1, 0.15) is 6.10 Å². The minimum atomic E-state index is -0.804. The van der Waals surface area contributed by atoms with Crippen LogP contribution >= 0.6 is 0 Å². The average molecular weight is 824 g/mol. The summed E-state index contributed by atoms with van der Waals surface area (Å²) in [6.07, 6.45) is 58.2. The van der Waals surface area contributed by atoms with Gasteiger partial charge in [-0.15, -0.1) is 0 Å². The third-order valence-corrected chi connectivity index (χ3v) is 10.8. The Morgan fingerprint density at radius 1 is 0.508 bits per heavy atom. The van der Waals surface area contributed by atoms with E-state index in [1.807, 2.05) is 0 Å². The molecule has 3 atom stereocenters. The van der Waals surface area contributed by atoms with Crippen LogP contribution in [-0.4, -0.2) is 46.9 Å². The molecule has 0 aromatic carbocycles. The number of rotatable bonds is 43. The topological polar surface area (TPSA) is 95.9 Å². The van der Waals surface area contributed by atoms with Crippen LogP contribution in [-0.2, 0) is 14.3 Å². The van der Waals surface area contributed by atoms with E-state index < -0.39 is 18.2 Å². The molecule has 0 saturated carbocycles. The molecule has 1 amide bonds. The molecule has 3 unspecified atom stereocenters. The van der Waals surface area contributed by atoms with Gasteiger partial charge in [-0.3, -0.25) is 9.59 Å². The fourth-order valence-electron chi connectivity index (χ4n) is 7.04. The number of nitrogens with one attached hydrogen (secondary N) is 1. The van der Waals surface area contributed by atoms with Gasteiger partial charge in [0.2, 0.25) is 5.91 Å². The van der Waals surface area contributed by atoms with Crippen molar-refractivity contribution in [2.75, 3.05) is 6.61 Å². The van der Waals surface area contributed by atoms with Crippen LogP contribution in [0.5, 0.6) is 0 Å². The fourth-order valence-corrected chi connectivity index (χ4v) is 7.04. The fraction of sp³-hybridized carbons (Fsp3) is 0.736. The zero-order valence-corrected chi connectivity index (χ0v) is 38.6. The molecule has 59 heavy (non-hydrogen) atoms. The van der Waals surface area contributed by atoms with Gasteiger partial charge < -0.3 is 20.3 Å². The first-order valence-electron chi connectivity index (χ1n) is 24.7. The van der Waals surface area contributed by atoms with Gasteiger partial charge in [-0.1, -0.05) is 196 Å². The zero-order valence-electron chi connectivity index (χ0n) is 38.6. The predicted molar refractivity (Wildman–Crippen MR) is 255 cm³/mol. The minimum Gasteiger partial charge on any atom is -0.462 e. The number of unbranched alkanes of at least 4 members (excludes halogenated alkanes) is 19. The maximum Gasteiger partial charge on any atom is 0.306 e. The maximum absolute atomic E-state index is 13.1. The van der Waals surface area contributed by atoms with Crippen LogP contribution in [0.1, 0.15) is 226 Å². The Hall–Kier alpha value is -2.70. The van der Waals surface area contributed by atoms with E-state index in [9.17, 15) is 19.8 Å². The van der Waals surface area contributed by atoms with E-state index in [1.54, 1.807) is 0 Å². The number of esters is 1. The summed E-state index contributed by atoms with van der Waals surface area (Å²) >= 11 is 0. The minimum absolute atomic E-state index is 0.0339. The number of hydrogen-bond donors (Lipinski definition) is 3. The van der Waals surface area contributed by atoms with E-state index in [0.717, 1.165) is 89.9 Å². The van der Waals surface area contributed by atoms with E-state index in [2.05, 4.69) is 99.0 Å². The van der Waals surface area contributed by atoms with Crippen molar-refractivity contribution < 1.29 is 24.5 Å². The highest BCUT2D eigenvalue weighted by atomic mass is 16.5. The molecule has 340 valence electrons. The molecule has 0 aliphatic rings. The van der Waals surface area contributed by atoms with Gasteiger partial charge in [0, 0.05) is 6.42 Å². The monoisotopic (exact) mass is 824 g/mol. The number of aliphatic hydroxyl groups is 2. The zero-order chi connectivity index (χ0) is 43.1. The first-order valence-corrected chi connectivity index (χ1v) is 24.7. The predicted octanol–water partition coefficient (Wildman–Crippen LogP) is 14.6. The normalized spacial score (nSPS) is 13.9. The van der Waals surface area contributed by atoms with Crippen LogP contribution in [0.2, 0.25) is 0 Å². The Morgan fingerprint density at radius 2 is 0.932 bits per heavy atom. The SMILES string of the molecule is CC/C=C/C/C=C/C/C=C/C/C=C/CCCC(CC(=O)NC(CO)C(O)CCCCCCCCCCC)OC(=O)CCCCCCCCC/C=C\C/C=C\CCCCC. The lowest BCUT2D eigenvalue weighted by Gasteiger charge is -2.24. The van der Waals surface area contributed by atoms with E-state index in [0.29, 0.717) is 19.3 Å². The Kier molecular flexibility index (Phi) is 44.2. The lowest BCUT2D eigenvalue weighted by Crippen LogP contribution is -2.46. The molecule has 3 N–H and O–H groups in total. The Balaban J connectivity index is 4.67. The van der Waals surface area contributed by atoms with Gasteiger partial charge >= 0.3 is 5.97 Å². The number of carbonyl (C=O) groups is 2. The van der Waals surface area contributed by atoms with Gasteiger partial charge in [-0.2, -0.15) is 0 Å². The molecule has 0 fully saturated rings. The van der Waals surface area contributed by atoms with Crippen LogP contribution < -0.4 is 5.32 Å². The van der Waals surface area contributed by atoms with E-state index in [-0.39, 0.29) is 24.9 Å². The molecule has 0 aliphatic carbocycles. The number of hydrogen-bond acceptors (Lipinski definition) is 5. The molecule has 0 spiro atoms. The van der Waals surface area contributed by atoms with Gasteiger partial charge in [-0.25, -0.2) is 0 Å². The molecular weight excluding hydrogens is 731 g/mol. The highest BCUT2D eigenvalue weighted by Gasteiger charge is 2.24. The second-order valence-corrected chi connectivity index (χ2v) is 16.5. The van der Waals surface area contributed by atoms with Crippen molar-refractivity contribution in [3.63, 3.8) is 0 Å². The van der Waals surface area contributed by atoms with Crippen LogP contribution in [0.4, 0.5) is 0 Å². The smallest absolute Gasteiger partial charge is 0.306 e. The molecule has 0 aromatic rings. The Labute approximate surface area is 364 Å². The van der Waals surface area contributed by atoms with E-state index >= 15 is 0 Å². The van der Waals surface area contributed by atoms with Gasteiger partial charge in [0.15, 0.2) is 0 Å². The molecule has 0 heterocycles. The highest BCUT2D eigenvalue weighted by molar-refractivity contribution is 5.77. The standard InChI is InChI=1S/C53H93NO5/c1-4-7-10-13-16-19-21-23-25-26-27-29-31-34-37-40-43-46-53(58)59-49(44-41-38-35-33-30-28-24-22-20-17-14-11-8-5-2)47-52(57)54-50(48-55)51(56)45-42-39-36-32-18-15-12-9-6-3/h8,11,16-17,19-20,23-25,28,33,35,49-51,55-56H,4-7,9-10,12-15,18,21-22,26-27,29-32,34,36-48H2,1-3H3,(H,54,57)/b11-8+,19-16-,20-17+,25-23-,28-24+,35-33+. The van der Waals surface area contributed by atoms with Crippen molar-refractivity contribution in [1.82, 2.24) is 5.32 Å². The van der Waals surface area contributed by atoms with Gasteiger partial charge in [-0.05, 0) is 89.9 Å². The molecule has 0 rings (SSSR count). The van der Waals surface area contributed by atoms with Crippen molar-refractivity contribution in [2.45, 2.75) is 244 Å². The third-order valence-electron chi connectivity index (χ3n) is 10.8. The molecule has 6 heteroatoms. The first kappa shape index (κ1) is 56.3. The molecule has 0 bridgehead atoms. The van der Waals surface area contributed by atoms with E-state index in [1.165, 1.54) is 89.9 Å². The molecule has 6 nitrogen and oxygen atoms in total. The average Bonchev–Trinajstić information content (AvgIpc) is 3.23. The highest BCUT2D eigenvalue weighted by Crippen LogP contribution is 2.16. The van der Waals surface area contributed by atoms with Crippen LogP contribution in [0, 0.1) is 0 Å². The summed E-state index contributed by atoms with van der Waals surface area (Å²) in [5.41, 5.74) is 0. The van der Waals surface area contributed by atoms with E-state index in [4.69, 9.17) is 4.74 Å². The summed E-state index contributed by atoms with van der Waals surface area (Å²) in [4.78, 5) is 26.1. The quantitative estimate of drug-likeness (QED) is 0.0323. The second-order valence-electron chi connectivity index (χ2n) is 16.5. The van der Waals surface area contributed by atoms with Crippen molar-refractivity contribution in [3.05, 3.63) is 72.9 Å². The number of aliphatic hydroxyl groups excluding tert-OH is 2. The van der Waals surface area contributed by atoms with Crippen LogP contribution in [0.3, 0.4) is 0 Å². The summed E-state index contributed by atoms with van der Waals surface area (Å²) in [5, 5.41) is 23.6. The summed E-state index contributed by atoms with van der Waals surface area (Å²) < 4.78 is 5.89. The lowest BCUT2D eigenvalue weighted by atomic mass is 10.0. The summed E-state index contributed by atoms with van der Waals surface area (Å²) in [5.74, 6) is -0.542. The summed E-state index contributed by atoms with van der Waals surface area (Å²) in [6, 6.07) is -0.721. The van der Waals surface area contributed by atoms with Crippen molar-refractivity contribution in [1.29, 1.82) is 0 Å². The second kappa shape index (κ2) is 46.4. The maximum atomic E-state index is 13.1. The van der Waals surface area contributed by atoms with Gasteiger partial charge in [0.25, 0.3) is 0 Å². The lowest BCUT2D eigenvalue weighted by molar-refractivity contribution is -0.151. The largest absolute Gasteiger partial charge is 0.462 e. The van der Waals surface area contributed by atoms with Crippen molar-refractivity contribution in [3.8, 4) is 0 Å². The molecule has 0 saturated heterocycles. The van der Waals surface area contributed by atoms with Crippen molar-refractivity contribution >= 4 is 11.9 Å². The molecule has 0 aliphatic heterocycles. The third kappa shape index (κ3) is 41.8. The first-order chi connectivity index (χ1) is 29.0.